The van der Waals surface area contributed by atoms with Gasteiger partial charge in [-0.3, -0.25) is 19.3 Å². The van der Waals surface area contributed by atoms with Gasteiger partial charge in [0.2, 0.25) is 0 Å². The van der Waals surface area contributed by atoms with Crippen LogP contribution in [0, 0.1) is 5.92 Å². The number of fused-ring (bicyclic) bond motifs is 1. The number of carboxylic acids is 1. The van der Waals surface area contributed by atoms with Crippen molar-refractivity contribution in [1.29, 1.82) is 0 Å². The number of imide groups is 1. The van der Waals surface area contributed by atoms with Crippen molar-refractivity contribution in [3.05, 3.63) is 34.9 Å². The van der Waals surface area contributed by atoms with Crippen molar-refractivity contribution in [2.45, 2.75) is 46.1 Å². The number of carbonyl (C=O) groups is 4. The fourth-order valence-electron chi connectivity index (χ4n) is 2.89. The highest BCUT2D eigenvalue weighted by atomic mass is 16.4. The van der Waals surface area contributed by atoms with Crippen LogP contribution >= 0.6 is 0 Å². The lowest BCUT2D eigenvalue weighted by molar-refractivity contribution is -0.139. The van der Waals surface area contributed by atoms with Gasteiger partial charge < -0.3 is 10.4 Å². The molecule has 1 unspecified atom stereocenters. The summed E-state index contributed by atoms with van der Waals surface area (Å²) >= 11 is 0. The molecule has 2 rings (SSSR count). The number of nitrogens with one attached hydrogen (secondary N) is 1. The summed E-state index contributed by atoms with van der Waals surface area (Å²) in [5.74, 6) is -2.35. The highest BCUT2D eigenvalue weighted by molar-refractivity contribution is 6.22. The van der Waals surface area contributed by atoms with Crippen LogP contribution in [0.2, 0.25) is 0 Å². The fraction of sp³-hybridized carbons (Fsp3) is 0.474. The summed E-state index contributed by atoms with van der Waals surface area (Å²) < 4.78 is 0. The summed E-state index contributed by atoms with van der Waals surface area (Å²) in [5.41, 5.74) is 0.631. The van der Waals surface area contributed by atoms with Crippen molar-refractivity contribution in [3.63, 3.8) is 0 Å². The van der Waals surface area contributed by atoms with E-state index in [1.54, 1.807) is 0 Å². The van der Waals surface area contributed by atoms with Gasteiger partial charge in [0.1, 0.15) is 6.04 Å². The van der Waals surface area contributed by atoms with E-state index in [-0.39, 0.29) is 28.5 Å². The summed E-state index contributed by atoms with van der Waals surface area (Å²) in [7, 11) is 0. The van der Waals surface area contributed by atoms with E-state index in [9.17, 15) is 24.3 Å². The lowest BCUT2D eigenvalue weighted by atomic mass is 10.0. The van der Waals surface area contributed by atoms with Gasteiger partial charge in [0.25, 0.3) is 17.7 Å². The van der Waals surface area contributed by atoms with Crippen LogP contribution in [0.5, 0.6) is 0 Å². The van der Waals surface area contributed by atoms with Crippen molar-refractivity contribution in [2.24, 2.45) is 5.92 Å². The average Bonchev–Trinajstić information content (AvgIpc) is 2.82. The van der Waals surface area contributed by atoms with E-state index < -0.39 is 23.8 Å². The topological polar surface area (TPSA) is 104 Å². The normalized spacial score (nSPS) is 14.5. The summed E-state index contributed by atoms with van der Waals surface area (Å²) in [6, 6.07) is 3.26. The van der Waals surface area contributed by atoms with E-state index in [2.05, 4.69) is 5.32 Å². The first kappa shape index (κ1) is 19.6. The fourth-order valence-corrected chi connectivity index (χ4v) is 2.89. The molecule has 0 aliphatic carbocycles. The molecule has 3 amide bonds. The highest BCUT2D eigenvalue weighted by Gasteiger charge is 2.35. The van der Waals surface area contributed by atoms with Gasteiger partial charge in [-0.05, 0) is 37.0 Å². The Hall–Kier alpha value is -2.70. The van der Waals surface area contributed by atoms with Gasteiger partial charge in [-0.25, -0.2) is 4.79 Å². The molecule has 7 heteroatoms. The van der Waals surface area contributed by atoms with Crippen molar-refractivity contribution >= 4 is 23.7 Å². The van der Waals surface area contributed by atoms with Crippen molar-refractivity contribution < 1.29 is 24.3 Å². The minimum atomic E-state index is -1.11. The van der Waals surface area contributed by atoms with Crippen LogP contribution in [0.4, 0.5) is 0 Å². The average molecular weight is 360 g/mol. The first-order valence-corrected chi connectivity index (χ1v) is 8.80. The van der Waals surface area contributed by atoms with Crippen LogP contribution < -0.4 is 5.32 Å². The summed E-state index contributed by atoms with van der Waals surface area (Å²) in [6.07, 6.45) is 1.87. The Kier molecular flexibility index (Phi) is 6.13. The largest absolute Gasteiger partial charge is 0.480 e. The van der Waals surface area contributed by atoms with Crippen LogP contribution in [0.25, 0.3) is 0 Å². The molecule has 0 saturated carbocycles. The predicted octanol–water partition coefficient (Wildman–Crippen LogP) is 2.31. The van der Waals surface area contributed by atoms with Crippen LogP contribution in [-0.2, 0) is 4.79 Å². The maximum Gasteiger partial charge on any atom is 0.326 e. The van der Waals surface area contributed by atoms with E-state index in [0.717, 1.165) is 6.42 Å². The Morgan fingerprint density at radius 2 is 1.81 bits per heavy atom. The van der Waals surface area contributed by atoms with Crippen molar-refractivity contribution in [3.8, 4) is 0 Å². The minimum absolute atomic E-state index is 0.0998. The van der Waals surface area contributed by atoms with Gasteiger partial charge in [-0.1, -0.05) is 27.2 Å². The Morgan fingerprint density at radius 3 is 2.38 bits per heavy atom. The molecule has 0 radical (unpaired) electrons. The molecule has 1 heterocycles. The molecule has 0 saturated heterocycles. The molecule has 1 aliphatic rings. The zero-order chi connectivity index (χ0) is 19.4. The third-order valence-electron chi connectivity index (χ3n) is 4.28. The minimum Gasteiger partial charge on any atom is -0.480 e. The summed E-state index contributed by atoms with van der Waals surface area (Å²) in [6.45, 7) is 6.05. The molecular weight excluding hydrogens is 336 g/mol. The standard InChI is InChI=1S/C19H24N2O5/c1-4-5-8-21-17(23)13-7-6-12(10-14(13)18(21)24)16(22)20-15(19(25)26)9-11(2)3/h6-7,10-11,15H,4-5,8-9H2,1-3H3,(H,20,22)(H,25,26). The van der Waals surface area contributed by atoms with Crippen molar-refractivity contribution in [1.82, 2.24) is 10.2 Å². The van der Waals surface area contributed by atoms with E-state index in [1.165, 1.54) is 23.1 Å². The number of carboxylic acid groups (broad SMARTS) is 1. The monoisotopic (exact) mass is 360 g/mol. The van der Waals surface area contributed by atoms with Crippen LogP contribution in [0.3, 0.4) is 0 Å². The zero-order valence-electron chi connectivity index (χ0n) is 15.2. The number of amides is 3. The van der Waals surface area contributed by atoms with Crippen LogP contribution in [0.1, 0.15) is 71.1 Å². The molecule has 26 heavy (non-hydrogen) atoms. The lowest BCUT2D eigenvalue weighted by Crippen LogP contribution is -2.41. The molecule has 0 spiro atoms. The van der Waals surface area contributed by atoms with Crippen molar-refractivity contribution in [2.75, 3.05) is 6.54 Å². The molecule has 0 fully saturated rings. The maximum atomic E-state index is 12.4. The number of rotatable bonds is 8. The second-order valence-corrected chi connectivity index (χ2v) is 6.87. The number of carbonyl (C=O) groups excluding carboxylic acids is 3. The number of aliphatic carboxylic acids is 1. The van der Waals surface area contributed by atoms with E-state index in [4.69, 9.17) is 0 Å². The lowest BCUT2D eigenvalue weighted by Gasteiger charge is -2.16. The number of unbranched alkanes of at least 4 members (excludes halogenated alkanes) is 1. The molecule has 0 aromatic heterocycles. The third-order valence-corrected chi connectivity index (χ3v) is 4.28. The maximum absolute atomic E-state index is 12.4. The van der Waals surface area contributed by atoms with Gasteiger partial charge >= 0.3 is 5.97 Å². The number of hydrogen-bond donors (Lipinski definition) is 2. The Bertz CT molecular complexity index is 741. The van der Waals surface area contributed by atoms with E-state index in [1.807, 2.05) is 20.8 Å². The first-order valence-electron chi connectivity index (χ1n) is 8.80. The second kappa shape index (κ2) is 8.12. The van der Waals surface area contributed by atoms with Gasteiger partial charge in [-0.15, -0.1) is 0 Å². The number of benzene rings is 1. The van der Waals surface area contributed by atoms with Gasteiger partial charge in [0.15, 0.2) is 0 Å². The predicted molar refractivity (Wildman–Crippen MR) is 95.1 cm³/mol. The molecule has 2 N–H and O–H groups in total. The summed E-state index contributed by atoms with van der Waals surface area (Å²) in [4.78, 5) is 49.6. The molecule has 140 valence electrons. The zero-order valence-corrected chi connectivity index (χ0v) is 15.2. The van der Waals surface area contributed by atoms with Gasteiger partial charge in [0.05, 0.1) is 11.1 Å². The Balaban J connectivity index is 2.20. The molecule has 7 nitrogen and oxygen atoms in total. The SMILES string of the molecule is CCCCN1C(=O)c2ccc(C(=O)NC(CC(C)C)C(=O)O)cc2C1=O. The quantitative estimate of drug-likeness (QED) is 0.692. The van der Waals surface area contributed by atoms with Crippen LogP contribution in [0.15, 0.2) is 18.2 Å². The highest BCUT2D eigenvalue weighted by Crippen LogP contribution is 2.24. The number of hydrogen-bond acceptors (Lipinski definition) is 4. The van der Waals surface area contributed by atoms with Crippen LogP contribution in [-0.4, -0.2) is 46.3 Å². The van der Waals surface area contributed by atoms with E-state index >= 15 is 0 Å². The third kappa shape index (κ3) is 4.09. The molecular formula is C19H24N2O5. The van der Waals surface area contributed by atoms with Gasteiger partial charge in [0, 0.05) is 12.1 Å². The Morgan fingerprint density at radius 1 is 1.15 bits per heavy atom. The Labute approximate surface area is 152 Å². The first-order chi connectivity index (χ1) is 12.3. The number of nitrogens with zero attached hydrogens (tertiary/aromatic N) is 1. The molecule has 1 atom stereocenters. The molecule has 0 bridgehead atoms. The molecule has 1 aromatic carbocycles. The molecule has 1 aromatic rings. The summed E-state index contributed by atoms with van der Waals surface area (Å²) in [5, 5.41) is 11.7. The molecule has 1 aliphatic heterocycles. The van der Waals surface area contributed by atoms with E-state index in [0.29, 0.717) is 19.4 Å². The van der Waals surface area contributed by atoms with Gasteiger partial charge in [-0.2, -0.15) is 0 Å². The smallest absolute Gasteiger partial charge is 0.326 e. The second-order valence-electron chi connectivity index (χ2n) is 6.87.